The van der Waals surface area contributed by atoms with Crippen LogP contribution < -0.4 is 5.32 Å². The van der Waals surface area contributed by atoms with Crippen LogP contribution in [0.4, 0.5) is 5.69 Å². The summed E-state index contributed by atoms with van der Waals surface area (Å²) in [6.45, 7) is 0. The van der Waals surface area contributed by atoms with Crippen LogP contribution in [0.25, 0.3) is 10.9 Å². The molecular formula is C16H16N2. The fraction of sp³-hybridized carbons (Fsp3) is 0.312. The van der Waals surface area contributed by atoms with Crippen molar-refractivity contribution in [2.45, 2.75) is 18.9 Å². The molecule has 90 valence electrons. The number of rotatable bonds is 2. The van der Waals surface area contributed by atoms with E-state index in [1.54, 1.807) is 0 Å². The number of anilines is 1. The molecule has 0 spiro atoms. The SMILES string of the molecule is C1=CC2C(C1)CC2Nc1cnc2ccccc2c1. The van der Waals surface area contributed by atoms with E-state index in [2.05, 4.69) is 46.7 Å². The summed E-state index contributed by atoms with van der Waals surface area (Å²) in [5.74, 6) is 1.65. The van der Waals surface area contributed by atoms with Gasteiger partial charge < -0.3 is 5.32 Å². The van der Waals surface area contributed by atoms with E-state index in [0.29, 0.717) is 6.04 Å². The van der Waals surface area contributed by atoms with Crippen molar-refractivity contribution in [3.63, 3.8) is 0 Å². The molecule has 0 radical (unpaired) electrons. The number of hydrogen-bond donors (Lipinski definition) is 1. The molecule has 4 rings (SSSR count). The van der Waals surface area contributed by atoms with Gasteiger partial charge in [0.15, 0.2) is 0 Å². The smallest absolute Gasteiger partial charge is 0.0703 e. The second-order valence-electron chi connectivity index (χ2n) is 5.40. The molecular weight excluding hydrogens is 220 g/mol. The van der Waals surface area contributed by atoms with E-state index in [1.807, 2.05) is 12.3 Å². The lowest BCUT2D eigenvalue weighted by atomic mass is 9.71. The number of aromatic nitrogens is 1. The summed E-state index contributed by atoms with van der Waals surface area (Å²) in [5, 5.41) is 4.84. The third kappa shape index (κ3) is 1.52. The Morgan fingerprint density at radius 1 is 1.22 bits per heavy atom. The Kier molecular flexibility index (Phi) is 2.16. The maximum Gasteiger partial charge on any atom is 0.0703 e. The zero-order valence-electron chi connectivity index (χ0n) is 10.2. The summed E-state index contributed by atoms with van der Waals surface area (Å²) in [6.07, 6.45) is 9.23. The Labute approximate surface area is 107 Å². The Hall–Kier alpha value is -1.83. The van der Waals surface area contributed by atoms with Gasteiger partial charge in [-0.25, -0.2) is 0 Å². The van der Waals surface area contributed by atoms with Gasteiger partial charge in [-0.3, -0.25) is 4.98 Å². The van der Waals surface area contributed by atoms with E-state index in [9.17, 15) is 0 Å². The molecule has 2 aromatic rings. The fourth-order valence-corrected chi connectivity index (χ4v) is 3.25. The average Bonchev–Trinajstić information content (AvgIpc) is 2.77. The minimum absolute atomic E-state index is 0.608. The molecule has 3 atom stereocenters. The summed E-state index contributed by atoms with van der Waals surface area (Å²) < 4.78 is 0. The number of nitrogens with one attached hydrogen (secondary N) is 1. The molecule has 18 heavy (non-hydrogen) atoms. The van der Waals surface area contributed by atoms with Gasteiger partial charge in [0.1, 0.15) is 0 Å². The summed E-state index contributed by atoms with van der Waals surface area (Å²) in [6, 6.07) is 11.1. The molecule has 1 N–H and O–H groups in total. The first-order valence-electron chi connectivity index (χ1n) is 6.68. The van der Waals surface area contributed by atoms with Crippen molar-refractivity contribution in [2.24, 2.45) is 11.8 Å². The predicted molar refractivity (Wildman–Crippen MR) is 74.5 cm³/mol. The summed E-state index contributed by atoms with van der Waals surface area (Å²) >= 11 is 0. The molecule has 1 saturated carbocycles. The monoisotopic (exact) mass is 236 g/mol. The second kappa shape index (κ2) is 3.84. The Bertz CT molecular complexity index is 617. The molecule has 1 aromatic heterocycles. The summed E-state index contributed by atoms with van der Waals surface area (Å²) in [7, 11) is 0. The molecule has 0 aliphatic heterocycles. The second-order valence-corrected chi connectivity index (χ2v) is 5.40. The van der Waals surface area contributed by atoms with E-state index in [1.165, 1.54) is 18.2 Å². The number of allylic oxidation sites excluding steroid dienone is 1. The van der Waals surface area contributed by atoms with Crippen LogP contribution in [0.2, 0.25) is 0 Å². The molecule has 0 amide bonds. The minimum atomic E-state index is 0.608. The number of benzene rings is 1. The van der Waals surface area contributed by atoms with Crippen molar-refractivity contribution in [1.29, 1.82) is 0 Å². The highest BCUT2D eigenvalue weighted by Crippen LogP contribution is 2.44. The van der Waals surface area contributed by atoms with E-state index in [4.69, 9.17) is 0 Å². The number of fused-ring (bicyclic) bond motifs is 2. The molecule has 1 aromatic carbocycles. The maximum atomic E-state index is 4.50. The lowest BCUT2D eigenvalue weighted by Crippen LogP contribution is -2.43. The van der Waals surface area contributed by atoms with Gasteiger partial charge in [-0.2, -0.15) is 0 Å². The van der Waals surface area contributed by atoms with Crippen LogP contribution in [-0.4, -0.2) is 11.0 Å². The zero-order valence-corrected chi connectivity index (χ0v) is 10.2. The summed E-state index contributed by atoms with van der Waals surface area (Å²) in [4.78, 5) is 4.50. The fourth-order valence-electron chi connectivity index (χ4n) is 3.25. The van der Waals surface area contributed by atoms with Crippen molar-refractivity contribution in [1.82, 2.24) is 4.98 Å². The van der Waals surface area contributed by atoms with Crippen molar-refractivity contribution >= 4 is 16.6 Å². The largest absolute Gasteiger partial charge is 0.380 e. The molecule has 1 fully saturated rings. The number of para-hydroxylation sites is 1. The van der Waals surface area contributed by atoms with Crippen molar-refractivity contribution in [3.05, 3.63) is 48.7 Å². The normalized spacial score (nSPS) is 29.0. The number of hydrogen-bond acceptors (Lipinski definition) is 2. The van der Waals surface area contributed by atoms with Gasteiger partial charge in [0.25, 0.3) is 0 Å². The molecule has 2 nitrogen and oxygen atoms in total. The third-order valence-corrected chi connectivity index (χ3v) is 4.31. The predicted octanol–water partition coefficient (Wildman–Crippen LogP) is 3.61. The molecule has 2 heteroatoms. The first kappa shape index (κ1) is 10.1. The van der Waals surface area contributed by atoms with Gasteiger partial charge in [0.05, 0.1) is 17.4 Å². The molecule has 3 unspecified atom stereocenters. The molecule has 2 aliphatic carbocycles. The van der Waals surface area contributed by atoms with E-state index >= 15 is 0 Å². The van der Waals surface area contributed by atoms with Gasteiger partial charge in [-0.05, 0) is 30.9 Å². The van der Waals surface area contributed by atoms with Crippen LogP contribution in [-0.2, 0) is 0 Å². The summed E-state index contributed by atoms with van der Waals surface area (Å²) in [5.41, 5.74) is 2.22. The quantitative estimate of drug-likeness (QED) is 0.806. The topological polar surface area (TPSA) is 24.9 Å². The highest BCUT2D eigenvalue weighted by Gasteiger charge is 2.40. The van der Waals surface area contributed by atoms with Crippen LogP contribution in [0, 0.1) is 11.8 Å². The lowest BCUT2D eigenvalue weighted by molar-refractivity contribution is 0.218. The first-order chi connectivity index (χ1) is 8.90. The van der Waals surface area contributed by atoms with Crippen molar-refractivity contribution in [3.8, 4) is 0 Å². The molecule has 2 aliphatic rings. The lowest BCUT2D eigenvalue weighted by Gasteiger charge is -2.41. The van der Waals surface area contributed by atoms with Gasteiger partial charge in [0, 0.05) is 17.3 Å². The zero-order chi connectivity index (χ0) is 11.9. The average molecular weight is 236 g/mol. The highest BCUT2D eigenvalue weighted by molar-refractivity contribution is 5.81. The first-order valence-corrected chi connectivity index (χ1v) is 6.68. The minimum Gasteiger partial charge on any atom is -0.380 e. The Balaban J connectivity index is 1.58. The van der Waals surface area contributed by atoms with Crippen LogP contribution in [0.15, 0.2) is 48.7 Å². The van der Waals surface area contributed by atoms with E-state index in [0.717, 1.165) is 23.0 Å². The molecule has 0 saturated heterocycles. The van der Waals surface area contributed by atoms with Crippen LogP contribution in [0.3, 0.4) is 0 Å². The Morgan fingerprint density at radius 3 is 3.11 bits per heavy atom. The van der Waals surface area contributed by atoms with Crippen molar-refractivity contribution < 1.29 is 0 Å². The van der Waals surface area contributed by atoms with Gasteiger partial charge in [0.2, 0.25) is 0 Å². The third-order valence-electron chi connectivity index (χ3n) is 4.31. The highest BCUT2D eigenvalue weighted by atomic mass is 15.0. The van der Waals surface area contributed by atoms with Crippen LogP contribution in [0.1, 0.15) is 12.8 Å². The number of pyridine rings is 1. The Morgan fingerprint density at radius 2 is 2.17 bits per heavy atom. The van der Waals surface area contributed by atoms with E-state index in [-0.39, 0.29) is 0 Å². The van der Waals surface area contributed by atoms with E-state index < -0.39 is 0 Å². The van der Waals surface area contributed by atoms with Crippen LogP contribution in [0.5, 0.6) is 0 Å². The van der Waals surface area contributed by atoms with Gasteiger partial charge in [-0.15, -0.1) is 0 Å². The van der Waals surface area contributed by atoms with Gasteiger partial charge in [-0.1, -0.05) is 30.4 Å². The molecule has 0 bridgehead atoms. The van der Waals surface area contributed by atoms with Crippen molar-refractivity contribution in [2.75, 3.05) is 5.32 Å². The van der Waals surface area contributed by atoms with Gasteiger partial charge >= 0.3 is 0 Å². The van der Waals surface area contributed by atoms with Crippen LogP contribution >= 0.6 is 0 Å². The number of nitrogens with zero attached hydrogens (tertiary/aromatic N) is 1. The maximum absolute atomic E-state index is 4.50. The standard InChI is InChI=1S/C16H16N2/c1-2-7-15-12(4-1)8-13(10-17-15)18-16-9-11-5-3-6-14(11)16/h1-4,6-8,10-11,14,16,18H,5,9H2. The molecule has 1 heterocycles.